The average Bonchev–Trinajstić information content (AvgIpc) is 2.84. The first-order valence-corrected chi connectivity index (χ1v) is 4.59. The molecular formula is C10H15N. The lowest BCUT2D eigenvalue weighted by molar-refractivity contribution is 0.605. The molecule has 1 heteroatoms. The molecule has 2 aliphatic rings. The van der Waals surface area contributed by atoms with Crippen molar-refractivity contribution >= 4 is 6.21 Å². The standard InChI is InChI=1S/C10H15N/c1-2-7(6-11)9-5-10(9)8-3-4-8/h5-9,11H,2-4H2,1H3. The van der Waals surface area contributed by atoms with E-state index >= 15 is 0 Å². The van der Waals surface area contributed by atoms with E-state index in [0.29, 0.717) is 11.8 Å². The molecule has 2 aliphatic carbocycles. The van der Waals surface area contributed by atoms with Crippen molar-refractivity contribution < 1.29 is 0 Å². The van der Waals surface area contributed by atoms with Crippen LogP contribution < -0.4 is 0 Å². The Bertz CT molecular complexity index is 201. The van der Waals surface area contributed by atoms with Gasteiger partial charge >= 0.3 is 0 Å². The maximum Gasteiger partial charge on any atom is 0.00602 e. The van der Waals surface area contributed by atoms with Gasteiger partial charge in [0.1, 0.15) is 0 Å². The number of allylic oxidation sites excluding steroid dienone is 2. The lowest BCUT2D eigenvalue weighted by Gasteiger charge is -2.07. The summed E-state index contributed by atoms with van der Waals surface area (Å²) in [5.74, 6) is 2.16. The van der Waals surface area contributed by atoms with Gasteiger partial charge in [-0.25, -0.2) is 0 Å². The lowest BCUT2D eigenvalue weighted by Crippen LogP contribution is -2.04. The Kier molecular flexibility index (Phi) is 1.59. The second-order valence-electron chi connectivity index (χ2n) is 3.71. The molecule has 0 spiro atoms. The Hall–Kier alpha value is -0.590. The second-order valence-corrected chi connectivity index (χ2v) is 3.71. The molecule has 60 valence electrons. The van der Waals surface area contributed by atoms with Crippen molar-refractivity contribution in [2.24, 2.45) is 17.8 Å². The highest BCUT2D eigenvalue weighted by atomic mass is 14.5. The van der Waals surface area contributed by atoms with Crippen LogP contribution in [0.25, 0.3) is 0 Å². The predicted octanol–water partition coefficient (Wildman–Crippen LogP) is 2.63. The van der Waals surface area contributed by atoms with Gasteiger partial charge in [0.25, 0.3) is 0 Å². The topological polar surface area (TPSA) is 23.9 Å². The van der Waals surface area contributed by atoms with Gasteiger partial charge in [-0.2, -0.15) is 0 Å². The molecule has 2 atom stereocenters. The third-order valence-electron chi connectivity index (χ3n) is 2.84. The summed E-state index contributed by atoms with van der Waals surface area (Å²) in [5.41, 5.74) is 1.67. The quantitative estimate of drug-likeness (QED) is 0.469. The van der Waals surface area contributed by atoms with Gasteiger partial charge < -0.3 is 5.41 Å². The third-order valence-corrected chi connectivity index (χ3v) is 2.84. The molecule has 0 aromatic heterocycles. The molecule has 11 heavy (non-hydrogen) atoms. The average molecular weight is 149 g/mol. The van der Waals surface area contributed by atoms with Gasteiger partial charge in [0, 0.05) is 11.8 Å². The van der Waals surface area contributed by atoms with E-state index in [4.69, 9.17) is 5.41 Å². The summed E-state index contributed by atoms with van der Waals surface area (Å²) in [7, 11) is 0. The zero-order chi connectivity index (χ0) is 7.84. The van der Waals surface area contributed by atoms with Crippen LogP contribution in [0.5, 0.6) is 0 Å². The number of hydrogen-bond acceptors (Lipinski definition) is 1. The van der Waals surface area contributed by atoms with Gasteiger partial charge in [0.2, 0.25) is 0 Å². The van der Waals surface area contributed by atoms with Gasteiger partial charge in [-0.15, -0.1) is 0 Å². The summed E-state index contributed by atoms with van der Waals surface area (Å²) in [5, 5.41) is 7.22. The molecule has 1 saturated carbocycles. The van der Waals surface area contributed by atoms with Crippen LogP contribution in [-0.2, 0) is 0 Å². The minimum absolute atomic E-state index is 0.519. The lowest BCUT2D eigenvalue weighted by atomic mass is 9.97. The van der Waals surface area contributed by atoms with Crippen LogP contribution >= 0.6 is 0 Å². The van der Waals surface area contributed by atoms with E-state index in [1.165, 1.54) is 12.8 Å². The van der Waals surface area contributed by atoms with Gasteiger partial charge in [0.05, 0.1) is 0 Å². The molecule has 1 nitrogen and oxygen atoms in total. The van der Waals surface area contributed by atoms with E-state index in [2.05, 4.69) is 13.0 Å². The van der Waals surface area contributed by atoms with Crippen molar-refractivity contribution in [1.29, 1.82) is 5.41 Å². The first kappa shape index (κ1) is 7.08. The minimum atomic E-state index is 0.519. The summed E-state index contributed by atoms with van der Waals surface area (Å²) in [6.45, 7) is 2.17. The van der Waals surface area contributed by atoms with Crippen LogP contribution in [0.15, 0.2) is 11.6 Å². The molecule has 0 radical (unpaired) electrons. The molecule has 2 rings (SSSR count). The minimum Gasteiger partial charge on any atom is -0.313 e. The van der Waals surface area contributed by atoms with E-state index in [0.717, 1.165) is 12.3 Å². The second kappa shape index (κ2) is 2.47. The van der Waals surface area contributed by atoms with Crippen LogP contribution in [0, 0.1) is 23.2 Å². The summed E-state index contributed by atoms with van der Waals surface area (Å²) in [6.07, 6.45) is 7.95. The predicted molar refractivity (Wildman–Crippen MR) is 46.9 cm³/mol. The van der Waals surface area contributed by atoms with Crippen LogP contribution in [0.1, 0.15) is 26.2 Å². The number of rotatable bonds is 4. The number of hydrogen-bond donors (Lipinski definition) is 1. The molecule has 1 fully saturated rings. The highest BCUT2D eigenvalue weighted by molar-refractivity contribution is 5.61. The van der Waals surface area contributed by atoms with Crippen molar-refractivity contribution in [2.45, 2.75) is 26.2 Å². The normalized spacial score (nSPS) is 31.0. The maximum atomic E-state index is 7.22. The zero-order valence-electron chi connectivity index (χ0n) is 7.01. The van der Waals surface area contributed by atoms with Crippen LogP contribution in [-0.4, -0.2) is 6.21 Å². The summed E-state index contributed by atoms with van der Waals surface area (Å²) in [6, 6.07) is 0. The molecule has 0 amide bonds. The molecule has 0 aromatic rings. The largest absolute Gasteiger partial charge is 0.313 e. The van der Waals surface area contributed by atoms with E-state index in [9.17, 15) is 0 Å². The van der Waals surface area contributed by atoms with E-state index in [1.807, 2.05) is 0 Å². The Labute approximate surface area is 68.0 Å². The smallest absolute Gasteiger partial charge is 0.00602 e. The van der Waals surface area contributed by atoms with Crippen LogP contribution in [0.2, 0.25) is 0 Å². The molecule has 1 N–H and O–H groups in total. The molecular weight excluding hydrogens is 134 g/mol. The van der Waals surface area contributed by atoms with Crippen molar-refractivity contribution in [2.75, 3.05) is 0 Å². The summed E-state index contributed by atoms with van der Waals surface area (Å²) < 4.78 is 0. The first-order valence-electron chi connectivity index (χ1n) is 4.59. The fourth-order valence-corrected chi connectivity index (χ4v) is 1.83. The van der Waals surface area contributed by atoms with Gasteiger partial charge in [0.15, 0.2) is 0 Å². The first-order chi connectivity index (χ1) is 5.36. The van der Waals surface area contributed by atoms with Crippen LogP contribution in [0.3, 0.4) is 0 Å². The molecule has 0 aliphatic heterocycles. The molecule has 0 bridgehead atoms. The van der Waals surface area contributed by atoms with Gasteiger partial charge in [-0.05, 0) is 31.4 Å². The van der Waals surface area contributed by atoms with E-state index in [1.54, 1.807) is 11.8 Å². The van der Waals surface area contributed by atoms with E-state index in [-0.39, 0.29) is 0 Å². The Morgan fingerprint density at radius 2 is 2.45 bits per heavy atom. The third kappa shape index (κ3) is 1.24. The fraction of sp³-hybridized carbons (Fsp3) is 0.700. The van der Waals surface area contributed by atoms with Gasteiger partial charge in [-0.1, -0.05) is 18.6 Å². The van der Waals surface area contributed by atoms with Crippen molar-refractivity contribution in [3.8, 4) is 0 Å². The molecule has 0 saturated heterocycles. The Morgan fingerprint density at radius 1 is 1.73 bits per heavy atom. The highest BCUT2D eigenvalue weighted by Gasteiger charge is 2.40. The van der Waals surface area contributed by atoms with E-state index < -0.39 is 0 Å². The fourth-order valence-electron chi connectivity index (χ4n) is 1.83. The molecule has 0 aromatic carbocycles. The summed E-state index contributed by atoms with van der Waals surface area (Å²) >= 11 is 0. The van der Waals surface area contributed by atoms with Crippen LogP contribution in [0.4, 0.5) is 0 Å². The molecule has 2 unspecified atom stereocenters. The zero-order valence-corrected chi connectivity index (χ0v) is 7.01. The number of nitrogens with one attached hydrogen (secondary N) is 1. The summed E-state index contributed by atoms with van der Waals surface area (Å²) in [4.78, 5) is 0. The maximum absolute atomic E-state index is 7.22. The monoisotopic (exact) mass is 149 g/mol. The van der Waals surface area contributed by atoms with Gasteiger partial charge in [-0.3, -0.25) is 0 Å². The Balaban J connectivity index is 1.85. The Morgan fingerprint density at radius 3 is 2.91 bits per heavy atom. The van der Waals surface area contributed by atoms with Crippen molar-refractivity contribution in [3.05, 3.63) is 11.6 Å². The van der Waals surface area contributed by atoms with Crippen molar-refractivity contribution in [1.82, 2.24) is 0 Å². The SMILES string of the molecule is CCC(C=N)C1C=C1C1CC1. The molecule has 0 heterocycles. The van der Waals surface area contributed by atoms with Crippen molar-refractivity contribution in [3.63, 3.8) is 0 Å². The highest BCUT2D eigenvalue weighted by Crippen LogP contribution is 2.51.